The first-order chi connectivity index (χ1) is 9.43. The molecule has 0 aromatic carbocycles. The van der Waals surface area contributed by atoms with Gasteiger partial charge in [0.15, 0.2) is 0 Å². The molecular weight excluding hydrogens is 250 g/mol. The Bertz CT molecular complexity index is 339. The lowest BCUT2D eigenvalue weighted by Gasteiger charge is -2.34. The molecule has 2 aliphatic rings. The lowest BCUT2D eigenvalue weighted by Crippen LogP contribution is -2.44. The highest BCUT2D eigenvalue weighted by Crippen LogP contribution is 2.29. The Morgan fingerprint density at radius 1 is 1.35 bits per heavy atom. The Labute approximate surface area is 123 Å². The molecule has 1 saturated heterocycles. The molecule has 2 fully saturated rings. The number of likely N-dealkylation sites (tertiary alicyclic amines) is 1. The highest BCUT2D eigenvalue weighted by molar-refractivity contribution is 5.78. The number of carbonyl (C=O) groups is 1. The number of rotatable bonds is 4. The van der Waals surface area contributed by atoms with Gasteiger partial charge in [0, 0.05) is 19.6 Å². The molecule has 0 spiro atoms. The van der Waals surface area contributed by atoms with Gasteiger partial charge in [-0.2, -0.15) is 0 Å². The zero-order valence-corrected chi connectivity index (χ0v) is 13.4. The van der Waals surface area contributed by atoms with E-state index >= 15 is 0 Å². The van der Waals surface area contributed by atoms with Gasteiger partial charge < -0.3 is 10.6 Å². The smallest absolute Gasteiger partial charge is 0.236 e. The summed E-state index contributed by atoms with van der Waals surface area (Å²) in [7, 11) is 1.99. The van der Waals surface area contributed by atoms with Crippen molar-refractivity contribution in [2.75, 3.05) is 33.2 Å². The summed E-state index contributed by atoms with van der Waals surface area (Å²) in [6.07, 6.45) is 5.98. The molecule has 1 heterocycles. The minimum Gasteiger partial charge on any atom is -0.342 e. The van der Waals surface area contributed by atoms with Gasteiger partial charge in [-0.05, 0) is 56.5 Å². The fourth-order valence-corrected chi connectivity index (χ4v) is 3.56. The number of amides is 1. The van der Waals surface area contributed by atoms with E-state index < -0.39 is 0 Å². The fraction of sp³-hybridized carbons (Fsp3) is 0.938. The van der Waals surface area contributed by atoms with Crippen LogP contribution < -0.4 is 5.73 Å². The van der Waals surface area contributed by atoms with Crippen molar-refractivity contribution in [3.63, 3.8) is 0 Å². The molecule has 0 aromatic rings. The van der Waals surface area contributed by atoms with Crippen molar-refractivity contribution in [2.24, 2.45) is 17.1 Å². The molecule has 0 bridgehead atoms. The predicted molar refractivity (Wildman–Crippen MR) is 82.4 cm³/mol. The SMILES string of the molecule is CC1CCC(N(C)C(=O)CN2CCC(C)(CN)C2)CC1. The van der Waals surface area contributed by atoms with E-state index in [4.69, 9.17) is 5.73 Å². The van der Waals surface area contributed by atoms with E-state index in [1.165, 1.54) is 25.7 Å². The predicted octanol–water partition coefficient (Wildman–Crippen LogP) is 1.69. The summed E-state index contributed by atoms with van der Waals surface area (Å²) in [6.45, 7) is 7.80. The van der Waals surface area contributed by atoms with Crippen LogP contribution in [0.1, 0.15) is 46.0 Å². The summed E-state index contributed by atoms with van der Waals surface area (Å²) in [5.74, 6) is 1.12. The second-order valence-electron chi connectivity index (χ2n) is 7.39. The number of nitrogens with two attached hydrogens (primary N) is 1. The molecule has 1 atom stereocenters. The number of likely N-dealkylation sites (N-methyl/N-ethyl adjacent to an activating group) is 1. The molecule has 1 unspecified atom stereocenters. The maximum atomic E-state index is 12.4. The Hall–Kier alpha value is -0.610. The van der Waals surface area contributed by atoms with Gasteiger partial charge in [0.2, 0.25) is 5.91 Å². The molecule has 2 rings (SSSR count). The Balaban J connectivity index is 1.80. The van der Waals surface area contributed by atoms with E-state index in [0.29, 0.717) is 19.1 Å². The van der Waals surface area contributed by atoms with Crippen LogP contribution in [0.5, 0.6) is 0 Å². The average molecular weight is 281 g/mol. The lowest BCUT2D eigenvalue weighted by atomic mass is 9.87. The van der Waals surface area contributed by atoms with Crippen LogP contribution in [-0.4, -0.2) is 55.0 Å². The summed E-state index contributed by atoms with van der Waals surface area (Å²) in [6, 6.07) is 0.460. The summed E-state index contributed by atoms with van der Waals surface area (Å²) in [5.41, 5.74) is 6.04. The summed E-state index contributed by atoms with van der Waals surface area (Å²) < 4.78 is 0. The van der Waals surface area contributed by atoms with Crippen molar-refractivity contribution >= 4 is 5.91 Å². The minimum absolute atomic E-state index is 0.207. The third kappa shape index (κ3) is 3.73. The Morgan fingerprint density at radius 2 is 2.00 bits per heavy atom. The molecule has 1 aliphatic carbocycles. The zero-order chi connectivity index (χ0) is 14.8. The van der Waals surface area contributed by atoms with Gasteiger partial charge in [-0.3, -0.25) is 9.69 Å². The summed E-state index contributed by atoms with van der Waals surface area (Å²) in [5, 5.41) is 0. The number of hydrogen-bond donors (Lipinski definition) is 1. The molecule has 116 valence electrons. The van der Waals surface area contributed by atoms with Crippen LogP contribution in [0.2, 0.25) is 0 Å². The van der Waals surface area contributed by atoms with Crippen molar-refractivity contribution in [1.29, 1.82) is 0 Å². The van der Waals surface area contributed by atoms with E-state index in [1.807, 2.05) is 11.9 Å². The molecular formula is C16H31N3O. The van der Waals surface area contributed by atoms with Crippen LogP contribution in [0.3, 0.4) is 0 Å². The van der Waals surface area contributed by atoms with Gasteiger partial charge in [-0.25, -0.2) is 0 Å². The molecule has 0 radical (unpaired) electrons. The maximum absolute atomic E-state index is 12.4. The molecule has 4 heteroatoms. The summed E-state index contributed by atoms with van der Waals surface area (Å²) in [4.78, 5) is 16.7. The van der Waals surface area contributed by atoms with Crippen LogP contribution in [-0.2, 0) is 4.79 Å². The molecule has 2 N–H and O–H groups in total. The lowest BCUT2D eigenvalue weighted by molar-refractivity contribution is -0.133. The molecule has 1 saturated carbocycles. The Kier molecular flexibility index (Phi) is 5.08. The second kappa shape index (κ2) is 6.44. The van der Waals surface area contributed by atoms with E-state index in [9.17, 15) is 4.79 Å². The molecule has 0 aromatic heterocycles. The van der Waals surface area contributed by atoms with Crippen molar-refractivity contribution in [3.8, 4) is 0 Å². The van der Waals surface area contributed by atoms with E-state index in [1.54, 1.807) is 0 Å². The summed E-state index contributed by atoms with van der Waals surface area (Å²) >= 11 is 0. The first kappa shape index (κ1) is 15.8. The van der Waals surface area contributed by atoms with Crippen molar-refractivity contribution in [2.45, 2.75) is 52.0 Å². The van der Waals surface area contributed by atoms with E-state index in [2.05, 4.69) is 18.7 Å². The van der Waals surface area contributed by atoms with Gasteiger partial charge in [-0.1, -0.05) is 13.8 Å². The highest BCUT2D eigenvalue weighted by atomic mass is 16.2. The number of carbonyl (C=O) groups excluding carboxylic acids is 1. The zero-order valence-electron chi connectivity index (χ0n) is 13.4. The molecule has 1 aliphatic heterocycles. The minimum atomic E-state index is 0.207. The normalized spacial score (nSPS) is 35.2. The third-order valence-corrected chi connectivity index (χ3v) is 5.42. The van der Waals surface area contributed by atoms with Crippen LogP contribution >= 0.6 is 0 Å². The van der Waals surface area contributed by atoms with Crippen LogP contribution in [0, 0.1) is 11.3 Å². The first-order valence-corrected chi connectivity index (χ1v) is 8.11. The van der Waals surface area contributed by atoms with Crippen molar-refractivity contribution < 1.29 is 4.79 Å². The Morgan fingerprint density at radius 3 is 2.55 bits per heavy atom. The first-order valence-electron chi connectivity index (χ1n) is 8.11. The van der Waals surface area contributed by atoms with Gasteiger partial charge in [-0.15, -0.1) is 0 Å². The van der Waals surface area contributed by atoms with Crippen LogP contribution in [0.25, 0.3) is 0 Å². The largest absolute Gasteiger partial charge is 0.342 e. The fourth-order valence-electron chi connectivity index (χ4n) is 3.56. The maximum Gasteiger partial charge on any atom is 0.236 e. The van der Waals surface area contributed by atoms with E-state index in [0.717, 1.165) is 25.4 Å². The van der Waals surface area contributed by atoms with Crippen LogP contribution in [0.15, 0.2) is 0 Å². The van der Waals surface area contributed by atoms with Crippen LogP contribution in [0.4, 0.5) is 0 Å². The topological polar surface area (TPSA) is 49.6 Å². The van der Waals surface area contributed by atoms with Gasteiger partial charge in [0.25, 0.3) is 0 Å². The molecule has 20 heavy (non-hydrogen) atoms. The molecule has 1 amide bonds. The third-order valence-electron chi connectivity index (χ3n) is 5.42. The second-order valence-corrected chi connectivity index (χ2v) is 7.39. The monoisotopic (exact) mass is 281 g/mol. The molecule has 4 nitrogen and oxygen atoms in total. The highest BCUT2D eigenvalue weighted by Gasteiger charge is 2.34. The number of nitrogens with zero attached hydrogens (tertiary/aromatic N) is 2. The van der Waals surface area contributed by atoms with E-state index in [-0.39, 0.29) is 11.3 Å². The van der Waals surface area contributed by atoms with Crippen molar-refractivity contribution in [3.05, 3.63) is 0 Å². The van der Waals surface area contributed by atoms with Crippen molar-refractivity contribution in [1.82, 2.24) is 9.80 Å². The quantitative estimate of drug-likeness (QED) is 0.853. The van der Waals surface area contributed by atoms with Gasteiger partial charge >= 0.3 is 0 Å². The standard InChI is InChI=1S/C16H31N3O/c1-13-4-6-14(7-5-13)18(3)15(20)10-19-9-8-16(2,11-17)12-19/h13-14H,4-12,17H2,1-3H3. The van der Waals surface area contributed by atoms with Gasteiger partial charge in [0.05, 0.1) is 6.54 Å². The number of hydrogen-bond acceptors (Lipinski definition) is 3. The average Bonchev–Trinajstić information content (AvgIpc) is 2.81. The van der Waals surface area contributed by atoms with Gasteiger partial charge in [0.1, 0.15) is 0 Å².